The Bertz CT molecular complexity index is 1020. The van der Waals surface area contributed by atoms with Crippen molar-refractivity contribution in [2.45, 2.75) is 25.7 Å². The van der Waals surface area contributed by atoms with Gasteiger partial charge in [0.05, 0.1) is 0 Å². The van der Waals surface area contributed by atoms with Gasteiger partial charge in [0.1, 0.15) is 5.82 Å². The molecule has 0 bridgehead atoms. The fraction of sp³-hybridized carbons (Fsp3) is 0.208. The molecule has 0 fully saturated rings. The molecule has 0 N–H and O–H groups in total. The van der Waals surface area contributed by atoms with E-state index in [4.69, 9.17) is 0 Å². The van der Waals surface area contributed by atoms with E-state index < -0.39 is 5.41 Å². The summed E-state index contributed by atoms with van der Waals surface area (Å²) < 4.78 is 14.1. The Morgan fingerprint density at radius 2 is 1.62 bits per heavy atom. The molecule has 0 radical (unpaired) electrons. The normalized spacial score (nSPS) is 20.9. The molecular weight excluding hydrogens is 323 g/mol. The molecule has 0 saturated carbocycles. The third kappa shape index (κ3) is 2.25. The lowest BCUT2D eigenvalue weighted by Crippen LogP contribution is -2.35. The van der Waals surface area contributed by atoms with Crippen molar-refractivity contribution in [2.24, 2.45) is 5.41 Å². The van der Waals surface area contributed by atoms with E-state index in [1.54, 1.807) is 6.07 Å². The molecule has 1 unspecified atom stereocenters. The molecule has 3 aromatic carbocycles. The van der Waals surface area contributed by atoms with Gasteiger partial charge in [-0.15, -0.1) is 0 Å². The smallest absolute Gasteiger partial charge is 0.169 e. The van der Waals surface area contributed by atoms with Gasteiger partial charge in [-0.2, -0.15) is 0 Å². The predicted octanol–water partition coefficient (Wildman–Crippen LogP) is 5.41. The molecule has 2 aliphatic rings. The highest BCUT2D eigenvalue weighted by Gasteiger charge is 2.47. The number of halogens is 1. The first kappa shape index (κ1) is 15.5. The summed E-state index contributed by atoms with van der Waals surface area (Å²) in [5.74, 6) is 0.104. The summed E-state index contributed by atoms with van der Waals surface area (Å²) in [5.41, 5.74) is 5.60. The van der Waals surface area contributed by atoms with Crippen LogP contribution in [0, 0.1) is 11.2 Å². The lowest BCUT2D eigenvalue weighted by Gasteiger charge is -2.33. The number of hydrogen-bond acceptors (Lipinski definition) is 1. The highest BCUT2D eigenvalue weighted by atomic mass is 19.1. The Hall–Kier alpha value is -2.74. The number of benzene rings is 3. The van der Waals surface area contributed by atoms with Gasteiger partial charge >= 0.3 is 0 Å². The van der Waals surface area contributed by atoms with Gasteiger partial charge in [-0.3, -0.25) is 4.79 Å². The SMILES string of the molecule is O=C1c2cc(-c3ccccc3)ccc2CC12CCc1c(F)cccc1C2. The third-order valence-corrected chi connectivity index (χ3v) is 6.07. The molecule has 1 spiro atoms. The van der Waals surface area contributed by atoms with Crippen molar-refractivity contribution in [3.05, 3.63) is 94.8 Å². The molecule has 3 aromatic rings. The minimum Gasteiger partial charge on any atom is -0.294 e. The summed E-state index contributed by atoms with van der Waals surface area (Å²) in [6.45, 7) is 0. The molecule has 0 amide bonds. The Morgan fingerprint density at radius 1 is 0.808 bits per heavy atom. The zero-order valence-corrected chi connectivity index (χ0v) is 14.5. The average Bonchev–Trinajstić information content (AvgIpc) is 2.93. The van der Waals surface area contributed by atoms with Crippen LogP contribution in [0.2, 0.25) is 0 Å². The maximum absolute atomic E-state index is 14.1. The van der Waals surface area contributed by atoms with Crippen LogP contribution >= 0.6 is 0 Å². The number of carbonyl (C=O) groups is 1. The average molecular weight is 342 g/mol. The number of Topliss-reactive ketones (excluding diaryl/α,β-unsaturated/α-hetero) is 1. The molecule has 1 nitrogen and oxygen atoms in total. The van der Waals surface area contributed by atoms with Gasteiger partial charge in [0, 0.05) is 11.0 Å². The first-order valence-electron chi connectivity index (χ1n) is 9.16. The van der Waals surface area contributed by atoms with E-state index in [2.05, 4.69) is 24.3 Å². The Morgan fingerprint density at radius 3 is 2.46 bits per heavy atom. The van der Waals surface area contributed by atoms with E-state index >= 15 is 0 Å². The monoisotopic (exact) mass is 342 g/mol. The van der Waals surface area contributed by atoms with Crippen molar-refractivity contribution in [3.8, 4) is 11.1 Å². The fourth-order valence-electron chi connectivity index (χ4n) is 4.69. The summed E-state index contributed by atoms with van der Waals surface area (Å²) in [6, 6.07) is 21.7. The topological polar surface area (TPSA) is 17.1 Å². The second-order valence-corrected chi connectivity index (χ2v) is 7.58. The molecule has 0 aliphatic heterocycles. The van der Waals surface area contributed by atoms with Crippen molar-refractivity contribution in [2.75, 3.05) is 0 Å². The van der Waals surface area contributed by atoms with E-state index in [0.29, 0.717) is 12.8 Å². The maximum Gasteiger partial charge on any atom is 0.169 e. The predicted molar refractivity (Wildman–Crippen MR) is 101 cm³/mol. The van der Waals surface area contributed by atoms with Crippen LogP contribution in [0.15, 0.2) is 66.7 Å². The van der Waals surface area contributed by atoms with Gasteiger partial charge in [-0.25, -0.2) is 4.39 Å². The standard InChI is InChI=1S/C24H19FO/c25-22-8-4-7-18-14-24(12-11-20(18)22)15-19-10-9-17(13-21(19)23(24)26)16-5-2-1-3-6-16/h1-10,13H,11-12,14-15H2. The number of ketones is 1. The van der Waals surface area contributed by atoms with Crippen LogP contribution in [-0.4, -0.2) is 5.78 Å². The molecule has 128 valence electrons. The molecule has 5 rings (SSSR count). The van der Waals surface area contributed by atoms with E-state index in [1.165, 1.54) is 6.07 Å². The maximum atomic E-state index is 14.1. The highest BCUT2D eigenvalue weighted by Crippen LogP contribution is 2.47. The number of hydrogen-bond donors (Lipinski definition) is 0. The summed E-state index contributed by atoms with van der Waals surface area (Å²) in [7, 11) is 0. The fourth-order valence-corrected chi connectivity index (χ4v) is 4.69. The van der Waals surface area contributed by atoms with Crippen LogP contribution in [0.5, 0.6) is 0 Å². The van der Waals surface area contributed by atoms with Gasteiger partial charge in [0.2, 0.25) is 0 Å². The molecule has 0 saturated heterocycles. The highest BCUT2D eigenvalue weighted by molar-refractivity contribution is 6.06. The van der Waals surface area contributed by atoms with Gasteiger partial charge in [0.25, 0.3) is 0 Å². The quantitative estimate of drug-likeness (QED) is 0.578. The molecule has 26 heavy (non-hydrogen) atoms. The van der Waals surface area contributed by atoms with E-state index in [0.717, 1.165) is 46.2 Å². The number of fused-ring (bicyclic) bond motifs is 2. The molecular formula is C24H19FO. The van der Waals surface area contributed by atoms with Crippen LogP contribution in [-0.2, 0) is 19.3 Å². The second-order valence-electron chi connectivity index (χ2n) is 7.58. The molecule has 0 aromatic heterocycles. The van der Waals surface area contributed by atoms with Gasteiger partial charge in [0.15, 0.2) is 5.78 Å². The number of carbonyl (C=O) groups excluding carboxylic acids is 1. The Balaban J connectivity index is 1.53. The first-order valence-corrected chi connectivity index (χ1v) is 9.16. The summed E-state index contributed by atoms with van der Waals surface area (Å²) in [6.07, 6.45) is 2.79. The van der Waals surface area contributed by atoms with Crippen LogP contribution in [0.4, 0.5) is 4.39 Å². The number of rotatable bonds is 1. The van der Waals surface area contributed by atoms with Crippen molar-refractivity contribution in [1.29, 1.82) is 0 Å². The zero-order chi connectivity index (χ0) is 17.7. The third-order valence-electron chi connectivity index (χ3n) is 6.07. The minimum atomic E-state index is -0.390. The Labute approximate surface area is 152 Å². The Kier molecular flexibility index (Phi) is 3.36. The minimum absolute atomic E-state index is 0.133. The van der Waals surface area contributed by atoms with Crippen LogP contribution in [0.25, 0.3) is 11.1 Å². The van der Waals surface area contributed by atoms with Crippen molar-refractivity contribution in [1.82, 2.24) is 0 Å². The molecule has 2 aliphatic carbocycles. The van der Waals surface area contributed by atoms with Crippen LogP contribution in [0.3, 0.4) is 0 Å². The van der Waals surface area contributed by atoms with Gasteiger partial charge < -0.3 is 0 Å². The van der Waals surface area contributed by atoms with Crippen LogP contribution < -0.4 is 0 Å². The second kappa shape index (κ2) is 5.63. The lowest BCUT2D eigenvalue weighted by molar-refractivity contribution is 0.0793. The van der Waals surface area contributed by atoms with Crippen molar-refractivity contribution >= 4 is 5.78 Å². The lowest BCUT2D eigenvalue weighted by atomic mass is 9.69. The zero-order valence-electron chi connectivity index (χ0n) is 14.5. The van der Waals surface area contributed by atoms with Crippen molar-refractivity contribution in [3.63, 3.8) is 0 Å². The van der Waals surface area contributed by atoms with Gasteiger partial charge in [-0.1, -0.05) is 54.6 Å². The van der Waals surface area contributed by atoms with E-state index in [1.807, 2.05) is 30.3 Å². The largest absolute Gasteiger partial charge is 0.294 e. The summed E-state index contributed by atoms with van der Waals surface area (Å²) >= 11 is 0. The van der Waals surface area contributed by atoms with Crippen molar-refractivity contribution < 1.29 is 9.18 Å². The van der Waals surface area contributed by atoms with Crippen LogP contribution in [0.1, 0.15) is 33.5 Å². The summed E-state index contributed by atoms with van der Waals surface area (Å²) in [5, 5.41) is 0. The van der Waals surface area contributed by atoms with Gasteiger partial charge in [-0.05, 0) is 65.6 Å². The van der Waals surface area contributed by atoms with E-state index in [-0.39, 0.29) is 11.6 Å². The molecule has 0 heterocycles. The molecule has 2 heteroatoms. The first-order chi connectivity index (χ1) is 12.7. The summed E-state index contributed by atoms with van der Waals surface area (Å²) in [4.78, 5) is 13.4. The molecule has 1 atom stereocenters. The van der Waals surface area contributed by atoms with E-state index in [9.17, 15) is 9.18 Å².